The zero-order valence-corrected chi connectivity index (χ0v) is 11.9. The molecule has 0 N–H and O–H groups in total. The summed E-state index contributed by atoms with van der Waals surface area (Å²) in [5, 5.41) is 0. The Morgan fingerprint density at radius 2 is 1.10 bits per heavy atom. The first kappa shape index (κ1) is 14.3. The van der Waals surface area contributed by atoms with Crippen LogP contribution in [0, 0.1) is 0 Å². The minimum absolute atomic E-state index is 0.166. The van der Waals surface area contributed by atoms with Gasteiger partial charge in [0.15, 0.2) is 0 Å². The van der Waals surface area contributed by atoms with Gasteiger partial charge in [-0.2, -0.15) is 0 Å². The van der Waals surface area contributed by atoms with E-state index in [1.165, 1.54) is 11.1 Å². The molecule has 0 aromatic heterocycles. The minimum atomic E-state index is 0.166. The van der Waals surface area contributed by atoms with E-state index >= 15 is 0 Å². The number of nitrogens with zero attached hydrogens (tertiary/aromatic N) is 1. The minimum Gasteiger partial charge on any atom is -0.285 e. The third-order valence-electron chi connectivity index (χ3n) is 3.61. The number of benzene rings is 2. The molecular formula is C19H21N. The number of hydrogen-bond acceptors (Lipinski definition) is 1. The Morgan fingerprint density at radius 1 is 0.750 bits per heavy atom. The molecule has 2 rings (SSSR count). The summed E-state index contributed by atoms with van der Waals surface area (Å²) in [6.07, 6.45) is 3.96. The highest BCUT2D eigenvalue weighted by Crippen LogP contribution is 2.30. The first-order valence-corrected chi connectivity index (χ1v) is 6.85. The zero-order valence-electron chi connectivity index (χ0n) is 11.9. The van der Waals surface area contributed by atoms with Crippen molar-refractivity contribution in [3.05, 3.63) is 97.1 Å². The van der Waals surface area contributed by atoms with Crippen LogP contribution in [0.2, 0.25) is 0 Å². The normalized spacial score (nSPS) is 13.7. The summed E-state index contributed by atoms with van der Waals surface area (Å²) in [6, 6.07) is 21.2. The summed E-state index contributed by atoms with van der Waals surface area (Å²) < 4.78 is 0. The predicted octanol–water partition coefficient (Wildman–Crippen LogP) is 4.77. The fourth-order valence-electron chi connectivity index (χ4n) is 2.55. The van der Waals surface area contributed by atoms with E-state index in [1.807, 2.05) is 24.3 Å². The van der Waals surface area contributed by atoms with E-state index in [2.05, 4.69) is 73.6 Å². The largest absolute Gasteiger partial charge is 0.285 e. The monoisotopic (exact) mass is 263 g/mol. The summed E-state index contributed by atoms with van der Waals surface area (Å²) in [5.41, 5.74) is 2.49. The second kappa shape index (κ2) is 6.88. The zero-order chi connectivity index (χ0) is 14.4. The molecule has 0 heterocycles. The molecule has 0 aliphatic rings. The molecule has 102 valence electrons. The van der Waals surface area contributed by atoms with Crippen LogP contribution in [0.25, 0.3) is 0 Å². The molecule has 0 saturated carbocycles. The summed E-state index contributed by atoms with van der Waals surface area (Å²) in [7, 11) is 2.11. The van der Waals surface area contributed by atoms with Crippen LogP contribution in [0.3, 0.4) is 0 Å². The number of rotatable bonds is 6. The molecule has 2 aromatic carbocycles. The van der Waals surface area contributed by atoms with E-state index in [4.69, 9.17) is 0 Å². The van der Waals surface area contributed by atoms with Crippen LogP contribution in [-0.4, -0.2) is 11.9 Å². The second-order valence-corrected chi connectivity index (χ2v) is 4.85. The predicted molar refractivity (Wildman–Crippen MR) is 86.5 cm³/mol. The van der Waals surface area contributed by atoms with E-state index < -0.39 is 0 Å². The molecule has 0 spiro atoms. The maximum absolute atomic E-state index is 3.99. The highest BCUT2D eigenvalue weighted by molar-refractivity contribution is 5.27. The molecule has 0 radical (unpaired) electrons. The average molecular weight is 263 g/mol. The highest BCUT2D eigenvalue weighted by Gasteiger charge is 2.20. The molecule has 1 heteroatoms. The molecule has 0 saturated heterocycles. The van der Waals surface area contributed by atoms with Crippen molar-refractivity contribution in [3.63, 3.8) is 0 Å². The third-order valence-corrected chi connectivity index (χ3v) is 3.61. The van der Waals surface area contributed by atoms with Crippen LogP contribution < -0.4 is 0 Å². The van der Waals surface area contributed by atoms with Crippen LogP contribution in [0.5, 0.6) is 0 Å². The fourth-order valence-corrected chi connectivity index (χ4v) is 2.55. The van der Waals surface area contributed by atoms with Crippen molar-refractivity contribution < 1.29 is 0 Å². The molecule has 2 atom stereocenters. The molecule has 2 unspecified atom stereocenters. The summed E-state index contributed by atoms with van der Waals surface area (Å²) >= 11 is 0. The lowest BCUT2D eigenvalue weighted by Gasteiger charge is -2.32. The SMILES string of the molecule is C=CC(c1ccccc1)N(C)C(C=C)c1ccccc1. The van der Waals surface area contributed by atoms with Crippen molar-refractivity contribution in [2.45, 2.75) is 12.1 Å². The fraction of sp³-hybridized carbons (Fsp3) is 0.158. The van der Waals surface area contributed by atoms with Gasteiger partial charge in [-0.05, 0) is 18.2 Å². The topological polar surface area (TPSA) is 3.24 Å². The van der Waals surface area contributed by atoms with Gasteiger partial charge in [0.05, 0.1) is 12.1 Å². The summed E-state index contributed by atoms with van der Waals surface area (Å²) in [5.74, 6) is 0. The lowest BCUT2D eigenvalue weighted by atomic mass is 10.00. The maximum atomic E-state index is 3.99. The molecule has 0 amide bonds. The van der Waals surface area contributed by atoms with Gasteiger partial charge in [0.1, 0.15) is 0 Å². The van der Waals surface area contributed by atoms with Crippen molar-refractivity contribution in [1.29, 1.82) is 0 Å². The molecule has 0 bridgehead atoms. The van der Waals surface area contributed by atoms with E-state index in [0.717, 1.165) is 0 Å². The van der Waals surface area contributed by atoms with Gasteiger partial charge in [0.2, 0.25) is 0 Å². The Kier molecular flexibility index (Phi) is 4.91. The summed E-state index contributed by atoms with van der Waals surface area (Å²) in [6.45, 7) is 7.99. The van der Waals surface area contributed by atoms with Crippen LogP contribution in [0.4, 0.5) is 0 Å². The van der Waals surface area contributed by atoms with Crippen molar-refractivity contribution in [1.82, 2.24) is 4.90 Å². The number of hydrogen-bond donors (Lipinski definition) is 0. The van der Waals surface area contributed by atoms with E-state index in [1.54, 1.807) is 0 Å². The molecular weight excluding hydrogens is 242 g/mol. The third kappa shape index (κ3) is 3.06. The Bertz CT molecular complexity index is 493. The van der Waals surface area contributed by atoms with Gasteiger partial charge < -0.3 is 0 Å². The van der Waals surface area contributed by atoms with Crippen LogP contribution >= 0.6 is 0 Å². The van der Waals surface area contributed by atoms with Gasteiger partial charge in [-0.15, -0.1) is 13.2 Å². The molecule has 2 aromatic rings. The highest BCUT2D eigenvalue weighted by atomic mass is 15.2. The Labute approximate surface area is 121 Å². The van der Waals surface area contributed by atoms with Crippen LogP contribution in [-0.2, 0) is 0 Å². The van der Waals surface area contributed by atoms with Crippen molar-refractivity contribution in [3.8, 4) is 0 Å². The maximum Gasteiger partial charge on any atom is 0.0534 e. The van der Waals surface area contributed by atoms with Crippen molar-refractivity contribution in [2.24, 2.45) is 0 Å². The van der Waals surface area contributed by atoms with Crippen LogP contribution in [0.1, 0.15) is 23.2 Å². The molecule has 1 nitrogen and oxygen atoms in total. The first-order valence-electron chi connectivity index (χ1n) is 6.85. The van der Waals surface area contributed by atoms with Gasteiger partial charge in [0.25, 0.3) is 0 Å². The van der Waals surface area contributed by atoms with Gasteiger partial charge in [-0.3, -0.25) is 4.90 Å². The quantitative estimate of drug-likeness (QED) is 0.678. The smallest absolute Gasteiger partial charge is 0.0534 e. The molecule has 0 aliphatic carbocycles. The molecule has 0 fully saturated rings. The van der Waals surface area contributed by atoms with Crippen molar-refractivity contribution >= 4 is 0 Å². The van der Waals surface area contributed by atoms with Gasteiger partial charge in [-0.25, -0.2) is 0 Å². The molecule has 20 heavy (non-hydrogen) atoms. The Hall–Kier alpha value is -2.12. The van der Waals surface area contributed by atoms with Crippen molar-refractivity contribution in [2.75, 3.05) is 7.05 Å². The van der Waals surface area contributed by atoms with E-state index in [-0.39, 0.29) is 12.1 Å². The lowest BCUT2D eigenvalue weighted by Crippen LogP contribution is -2.27. The van der Waals surface area contributed by atoms with E-state index in [0.29, 0.717) is 0 Å². The molecule has 0 aliphatic heterocycles. The van der Waals surface area contributed by atoms with Crippen LogP contribution in [0.15, 0.2) is 86.0 Å². The second-order valence-electron chi connectivity index (χ2n) is 4.85. The lowest BCUT2D eigenvalue weighted by molar-refractivity contribution is 0.241. The first-order chi connectivity index (χ1) is 9.77. The van der Waals surface area contributed by atoms with Gasteiger partial charge in [-0.1, -0.05) is 72.8 Å². The van der Waals surface area contributed by atoms with Gasteiger partial charge in [0, 0.05) is 0 Å². The standard InChI is InChI=1S/C19H21N/c1-4-18(16-12-8-6-9-13-16)20(3)19(5-2)17-14-10-7-11-15-17/h4-15,18-19H,1-2H2,3H3. The number of likely N-dealkylation sites (N-methyl/N-ethyl adjacent to an activating group) is 1. The Balaban J connectivity index is 2.30. The summed E-state index contributed by atoms with van der Waals surface area (Å²) in [4.78, 5) is 2.28. The van der Waals surface area contributed by atoms with E-state index in [9.17, 15) is 0 Å². The average Bonchev–Trinajstić information content (AvgIpc) is 2.51. The Morgan fingerprint density at radius 3 is 1.40 bits per heavy atom. The van der Waals surface area contributed by atoms with Gasteiger partial charge >= 0.3 is 0 Å².